The highest BCUT2D eigenvalue weighted by Crippen LogP contribution is 2.28. The minimum atomic E-state index is -0.371. The highest BCUT2D eigenvalue weighted by molar-refractivity contribution is 5.36. The van der Waals surface area contributed by atoms with Crippen LogP contribution in [0.25, 0.3) is 0 Å². The Balaban J connectivity index is 2.90. The van der Waals surface area contributed by atoms with E-state index < -0.39 is 0 Å². The predicted octanol–water partition coefficient (Wildman–Crippen LogP) is 3.82. The van der Waals surface area contributed by atoms with Crippen LogP contribution >= 0.6 is 0 Å². The first-order valence-electron chi connectivity index (χ1n) is 7.15. The molecule has 0 aliphatic carbocycles. The lowest BCUT2D eigenvalue weighted by Crippen LogP contribution is -2.23. The summed E-state index contributed by atoms with van der Waals surface area (Å²) in [7, 11) is 0. The monoisotopic (exact) mass is 260 g/mol. The standard InChI is InChI=1S/C16H24N2O/c1-4-11-18-15(6-3)14-9-7-8-10-16(14)19-13(5-2)12-17/h7-10,13,15,18H,4-6,11H2,1-3H3. The van der Waals surface area contributed by atoms with Crippen LogP contribution in [0.5, 0.6) is 5.75 Å². The summed E-state index contributed by atoms with van der Waals surface area (Å²) in [4.78, 5) is 0. The van der Waals surface area contributed by atoms with Crippen molar-refractivity contribution in [3.8, 4) is 11.8 Å². The van der Waals surface area contributed by atoms with Crippen LogP contribution in [-0.4, -0.2) is 12.6 Å². The van der Waals surface area contributed by atoms with E-state index in [1.54, 1.807) is 0 Å². The highest BCUT2D eigenvalue weighted by Gasteiger charge is 2.15. The second kappa shape index (κ2) is 8.55. The Bertz CT molecular complexity index is 411. The van der Waals surface area contributed by atoms with Gasteiger partial charge in [0.05, 0.1) is 0 Å². The molecule has 0 aliphatic rings. The van der Waals surface area contributed by atoms with Gasteiger partial charge >= 0.3 is 0 Å². The minimum absolute atomic E-state index is 0.285. The van der Waals surface area contributed by atoms with Crippen molar-refractivity contribution in [1.82, 2.24) is 5.32 Å². The predicted molar refractivity (Wildman–Crippen MR) is 78.1 cm³/mol. The van der Waals surface area contributed by atoms with Gasteiger partial charge < -0.3 is 10.1 Å². The summed E-state index contributed by atoms with van der Waals surface area (Å²) in [5.41, 5.74) is 1.15. The number of nitrogens with zero attached hydrogens (tertiary/aromatic N) is 1. The molecule has 1 N–H and O–H groups in total. The van der Waals surface area contributed by atoms with Crippen molar-refractivity contribution in [2.45, 2.75) is 52.2 Å². The topological polar surface area (TPSA) is 45.0 Å². The van der Waals surface area contributed by atoms with Gasteiger partial charge in [-0.15, -0.1) is 0 Å². The molecule has 3 nitrogen and oxygen atoms in total. The van der Waals surface area contributed by atoms with Gasteiger partial charge in [0.15, 0.2) is 6.10 Å². The molecule has 19 heavy (non-hydrogen) atoms. The largest absolute Gasteiger partial charge is 0.475 e. The Kier molecular flexibility index (Phi) is 6.99. The van der Waals surface area contributed by atoms with Gasteiger partial charge in [-0.05, 0) is 31.9 Å². The summed E-state index contributed by atoms with van der Waals surface area (Å²) in [6.45, 7) is 7.27. The molecule has 0 radical (unpaired) electrons. The Morgan fingerprint density at radius 1 is 1.21 bits per heavy atom. The van der Waals surface area contributed by atoms with E-state index in [1.807, 2.05) is 25.1 Å². The third-order valence-corrected chi connectivity index (χ3v) is 3.13. The fourth-order valence-electron chi connectivity index (χ4n) is 2.02. The Labute approximate surface area is 116 Å². The second-order valence-electron chi connectivity index (χ2n) is 4.60. The van der Waals surface area contributed by atoms with Crippen LogP contribution in [0.2, 0.25) is 0 Å². The number of hydrogen-bond acceptors (Lipinski definition) is 3. The van der Waals surface area contributed by atoms with Gasteiger partial charge in [0.25, 0.3) is 0 Å². The highest BCUT2D eigenvalue weighted by atomic mass is 16.5. The van der Waals surface area contributed by atoms with Gasteiger partial charge in [-0.1, -0.05) is 39.0 Å². The van der Waals surface area contributed by atoms with Gasteiger partial charge in [-0.25, -0.2) is 0 Å². The number of para-hydroxylation sites is 1. The van der Waals surface area contributed by atoms with Crippen molar-refractivity contribution in [2.75, 3.05) is 6.54 Å². The molecule has 1 aromatic carbocycles. The lowest BCUT2D eigenvalue weighted by molar-refractivity contribution is 0.246. The maximum Gasteiger partial charge on any atom is 0.184 e. The first kappa shape index (κ1) is 15.5. The van der Waals surface area contributed by atoms with Gasteiger partial charge in [-0.2, -0.15) is 5.26 Å². The fourth-order valence-corrected chi connectivity index (χ4v) is 2.02. The normalized spacial score (nSPS) is 13.6. The Morgan fingerprint density at radius 3 is 2.53 bits per heavy atom. The Morgan fingerprint density at radius 2 is 1.95 bits per heavy atom. The summed E-state index contributed by atoms with van der Waals surface area (Å²) >= 11 is 0. The zero-order valence-corrected chi connectivity index (χ0v) is 12.1. The van der Waals surface area contributed by atoms with Crippen LogP contribution in [0.1, 0.15) is 51.6 Å². The first-order valence-corrected chi connectivity index (χ1v) is 7.15. The molecule has 2 unspecified atom stereocenters. The molecule has 0 aliphatic heterocycles. The van der Waals surface area contributed by atoms with Gasteiger partial charge in [0.1, 0.15) is 11.8 Å². The molecule has 2 atom stereocenters. The molecule has 0 aromatic heterocycles. The van der Waals surface area contributed by atoms with Crippen LogP contribution in [0, 0.1) is 11.3 Å². The van der Waals surface area contributed by atoms with Crippen LogP contribution in [0.3, 0.4) is 0 Å². The molecular weight excluding hydrogens is 236 g/mol. The lowest BCUT2D eigenvalue weighted by Gasteiger charge is -2.21. The number of rotatable bonds is 8. The number of nitrogens with one attached hydrogen (secondary N) is 1. The van der Waals surface area contributed by atoms with Crippen LogP contribution in [0.15, 0.2) is 24.3 Å². The summed E-state index contributed by atoms with van der Waals surface area (Å²) in [6, 6.07) is 10.5. The number of benzene rings is 1. The van der Waals surface area contributed by atoms with E-state index in [-0.39, 0.29) is 12.1 Å². The quantitative estimate of drug-likeness (QED) is 0.773. The summed E-state index contributed by atoms with van der Waals surface area (Å²) in [5.74, 6) is 0.825. The average molecular weight is 260 g/mol. The molecule has 0 saturated heterocycles. The van der Waals surface area contributed by atoms with E-state index >= 15 is 0 Å². The lowest BCUT2D eigenvalue weighted by atomic mass is 10.0. The smallest absolute Gasteiger partial charge is 0.184 e. The summed E-state index contributed by atoms with van der Waals surface area (Å²) in [5, 5.41) is 12.5. The van der Waals surface area contributed by atoms with E-state index in [0.29, 0.717) is 6.42 Å². The van der Waals surface area contributed by atoms with Gasteiger partial charge in [0, 0.05) is 11.6 Å². The summed E-state index contributed by atoms with van der Waals surface area (Å²) in [6.07, 6.45) is 2.44. The first-order chi connectivity index (χ1) is 9.26. The average Bonchev–Trinajstić information content (AvgIpc) is 2.46. The molecule has 1 rings (SSSR count). The fraction of sp³-hybridized carbons (Fsp3) is 0.562. The van der Waals surface area contributed by atoms with Gasteiger partial charge in [0.2, 0.25) is 0 Å². The van der Waals surface area contributed by atoms with Crippen LogP contribution in [0.4, 0.5) is 0 Å². The van der Waals surface area contributed by atoms with E-state index in [9.17, 15) is 0 Å². The molecule has 0 spiro atoms. The maximum absolute atomic E-state index is 9.02. The Hall–Kier alpha value is -1.53. The molecule has 0 fully saturated rings. The molecule has 0 saturated carbocycles. The molecule has 0 amide bonds. The molecule has 1 aromatic rings. The van der Waals surface area contributed by atoms with E-state index in [4.69, 9.17) is 10.00 Å². The van der Waals surface area contributed by atoms with Crippen LogP contribution in [-0.2, 0) is 0 Å². The van der Waals surface area contributed by atoms with Crippen molar-refractivity contribution < 1.29 is 4.74 Å². The van der Waals surface area contributed by atoms with Crippen molar-refractivity contribution in [2.24, 2.45) is 0 Å². The zero-order chi connectivity index (χ0) is 14.1. The third-order valence-electron chi connectivity index (χ3n) is 3.13. The molecule has 3 heteroatoms. The number of hydrogen-bond donors (Lipinski definition) is 1. The molecule has 0 bridgehead atoms. The molecule has 0 heterocycles. The maximum atomic E-state index is 9.02. The van der Waals surface area contributed by atoms with Gasteiger partial charge in [-0.3, -0.25) is 0 Å². The summed E-state index contributed by atoms with van der Waals surface area (Å²) < 4.78 is 5.81. The van der Waals surface area contributed by atoms with Crippen LogP contribution < -0.4 is 10.1 Å². The molecule has 104 valence electrons. The van der Waals surface area contributed by atoms with Crippen molar-refractivity contribution in [3.05, 3.63) is 29.8 Å². The van der Waals surface area contributed by atoms with Crippen molar-refractivity contribution >= 4 is 0 Å². The minimum Gasteiger partial charge on any atom is -0.475 e. The van der Waals surface area contributed by atoms with E-state index in [2.05, 4.69) is 31.3 Å². The van der Waals surface area contributed by atoms with E-state index in [0.717, 1.165) is 30.7 Å². The molecular formula is C16H24N2O. The van der Waals surface area contributed by atoms with Crippen molar-refractivity contribution in [3.63, 3.8) is 0 Å². The zero-order valence-electron chi connectivity index (χ0n) is 12.1. The van der Waals surface area contributed by atoms with Crippen molar-refractivity contribution in [1.29, 1.82) is 5.26 Å². The second-order valence-corrected chi connectivity index (χ2v) is 4.60. The third kappa shape index (κ3) is 4.57. The number of nitriles is 1. The number of ether oxygens (including phenoxy) is 1. The van der Waals surface area contributed by atoms with E-state index in [1.165, 1.54) is 0 Å². The SMILES string of the molecule is CCCNC(CC)c1ccccc1OC(C#N)CC.